The zero-order valence-corrected chi connectivity index (χ0v) is 11.3. The van der Waals surface area contributed by atoms with E-state index in [2.05, 4.69) is 37.6 Å². The Balaban J connectivity index is 0.000000423. The number of piperazine rings is 1. The summed E-state index contributed by atoms with van der Waals surface area (Å²) in [6, 6.07) is 0. The summed E-state index contributed by atoms with van der Waals surface area (Å²) in [4.78, 5) is 4.98. The molecule has 0 unspecified atom stereocenters. The minimum absolute atomic E-state index is 1.25. The summed E-state index contributed by atoms with van der Waals surface area (Å²) in [6.45, 7) is 13.0. The Kier molecular flexibility index (Phi) is 10.4. The van der Waals surface area contributed by atoms with Crippen LogP contribution in [0.5, 0.6) is 0 Å². The van der Waals surface area contributed by atoms with Gasteiger partial charge in [-0.05, 0) is 20.0 Å². The first-order valence-electron chi connectivity index (χ1n) is 6.65. The van der Waals surface area contributed by atoms with Gasteiger partial charge in [-0.15, -0.1) is 0 Å². The molecule has 0 radical (unpaired) electrons. The van der Waals surface area contributed by atoms with E-state index in [1.807, 2.05) is 0 Å². The van der Waals surface area contributed by atoms with E-state index in [0.29, 0.717) is 0 Å². The van der Waals surface area contributed by atoms with Crippen LogP contribution in [-0.4, -0.2) is 49.6 Å². The molecule has 92 valence electrons. The van der Waals surface area contributed by atoms with E-state index in [1.165, 1.54) is 58.4 Å². The maximum atomic E-state index is 2.57. The van der Waals surface area contributed by atoms with E-state index in [4.69, 9.17) is 0 Å². The molecule has 1 rings (SSSR count). The van der Waals surface area contributed by atoms with Crippen LogP contribution in [0.1, 0.15) is 46.5 Å². The van der Waals surface area contributed by atoms with Crippen molar-refractivity contribution in [3.8, 4) is 0 Å². The topological polar surface area (TPSA) is 6.48 Å². The molecular weight excluding hydrogens is 184 g/mol. The number of hydrogen-bond acceptors (Lipinski definition) is 2. The molecule has 2 nitrogen and oxygen atoms in total. The van der Waals surface area contributed by atoms with Crippen LogP contribution in [0.25, 0.3) is 0 Å². The predicted octanol–water partition coefficient (Wildman–Crippen LogP) is 2.84. The van der Waals surface area contributed by atoms with Crippen molar-refractivity contribution in [3.05, 3.63) is 0 Å². The number of hydrogen-bond donors (Lipinski definition) is 0. The highest BCUT2D eigenvalue weighted by atomic mass is 15.2. The van der Waals surface area contributed by atoms with Gasteiger partial charge in [0.2, 0.25) is 0 Å². The molecule has 0 N–H and O–H groups in total. The SMILES string of the molecule is CCCC.CCCCN1CCN(C)CC1. The highest BCUT2D eigenvalue weighted by molar-refractivity contribution is 4.68. The van der Waals surface area contributed by atoms with Crippen LogP contribution in [0.3, 0.4) is 0 Å². The van der Waals surface area contributed by atoms with Crippen molar-refractivity contribution in [1.82, 2.24) is 9.80 Å². The summed E-state index contributed by atoms with van der Waals surface area (Å²) in [7, 11) is 2.21. The highest BCUT2D eigenvalue weighted by Crippen LogP contribution is 2.00. The fourth-order valence-corrected chi connectivity index (χ4v) is 1.45. The molecule has 0 aliphatic carbocycles. The Morgan fingerprint density at radius 2 is 1.33 bits per heavy atom. The van der Waals surface area contributed by atoms with Crippen LogP contribution in [0.15, 0.2) is 0 Å². The number of nitrogens with zero attached hydrogens (tertiary/aromatic N) is 2. The lowest BCUT2D eigenvalue weighted by molar-refractivity contribution is 0.152. The van der Waals surface area contributed by atoms with Crippen molar-refractivity contribution in [2.45, 2.75) is 46.5 Å². The van der Waals surface area contributed by atoms with Crippen molar-refractivity contribution in [1.29, 1.82) is 0 Å². The van der Waals surface area contributed by atoms with Gasteiger partial charge in [-0.25, -0.2) is 0 Å². The minimum Gasteiger partial charge on any atom is -0.304 e. The third-order valence-electron chi connectivity index (χ3n) is 2.92. The summed E-state index contributed by atoms with van der Waals surface area (Å²) >= 11 is 0. The smallest absolute Gasteiger partial charge is 0.0110 e. The Bertz CT molecular complexity index is 113. The van der Waals surface area contributed by atoms with Crippen LogP contribution in [0.2, 0.25) is 0 Å². The molecule has 0 spiro atoms. The van der Waals surface area contributed by atoms with Gasteiger partial charge in [0, 0.05) is 26.2 Å². The Hall–Kier alpha value is -0.0800. The summed E-state index contributed by atoms with van der Waals surface area (Å²) in [5.74, 6) is 0. The van der Waals surface area contributed by atoms with E-state index in [9.17, 15) is 0 Å². The lowest BCUT2D eigenvalue weighted by Crippen LogP contribution is -2.44. The van der Waals surface area contributed by atoms with Gasteiger partial charge < -0.3 is 9.80 Å². The zero-order valence-electron chi connectivity index (χ0n) is 11.3. The summed E-state index contributed by atoms with van der Waals surface area (Å²) in [5.41, 5.74) is 0. The zero-order chi connectivity index (χ0) is 11.5. The molecule has 1 aliphatic rings. The third kappa shape index (κ3) is 8.88. The second kappa shape index (κ2) is 10.4. The number of rotatable bonds is 4. The van der Waals surface area contributed by atoms with Crippen molar-refractivity contribution in [2.24, 2.45) is 0 Å². The summed E-state index contributed by atoms with van der Waals surface area (Å²) < 4.78 is 0. The average molecular weight is 214 g/mol. The monoisotopic (exact) mass is 214 g/mol. The van der Waals surface area contributed by atoms with Crippen LogP contribution < -0.4 is 0 Å². The molecule has 0 atom stereocenters. The lowest BCUT2D eigenvalue weighted by atomic mass is 10.3. The van der Waals surface area contributed by atoms with Gasteiger partial charge in [0.1, 0.15) is 0 Å². The van der Waals surface area contributed by atoms with Gasteiger partial charge in [-0.3, -0.25) is 0 Å². The normalized spacial score (nSPS) is 18.4. The van der Waals surface area contributed by atoms with Gasteiger partial charge in [0.05, 0.1) is 0 Å². The number of likely N-dealkylation sites (N-methyl/N-ethyl adjacent to an activating group) is 1. The summed E-state index contributed by atoms with van der Waals surface area (Å²) in [5, 5.41) is 0. The van der Waals surface area contributed by atoms with Crippen molar-refractivity contribution >= 4 is 0 Å². The molecule has 1 fully saturated rings. The van der Waals surface area contributed by atoms with E-state index in [1.54, 1.807) is 0 Å². The number of unbranched alkanes of at least 4 members (excludes halogenated alkanes) is 2. The average Bonchev–Trinajstić information content (AvgIpc) is 2.29. The standard InChI is InChI=1S/C9H20N2.C4H10/c1-3-4-5-11-8-6-10(2)7-9-11;1-3-4-2/h3-9H2,1-2H3;3-4H2,1-2H3. The molecule has 1 saturated heterocycles. The molecule has 2 heteroatoms. The quantitative estimate of drug-likeness (QED) is 0.710. The summed E-state index contributed by atoms with van der Waals surface area (Å²) in [6.07, 6.45) is 5.33. The van der Waals surface area contributed by atoms with Crippen LogP contribution in [0.4, 0.5) is 0 Å². The fourth-order valence-electron chi connectivity index (χ4n) is 1.45. The Labute approximate surface area is 96.6 Å². The second-order valence-corrected chi connectivity index (χ2v) is 4.50. The van der Waals surface area contributed by atoms with E-state index < -0.39 is 0 Å². The molecule has 0 aromatic carbocycles. The molecule has 0 bridgehead atoms. The Morgan fingerprint density at radius 1 is 0.800 bits per heavy atom. The van der Waals surface area contributed by atoms with Crippen LogP contribution in [-0.2, 0) is 0 Å². The van der Waals surface area contributed by atoms with Crippen molar-refractivity contribution in [2.75, 3.05) is 39.8 Å². The van der Waals surface area contributed by atoms with Crippen molar-refractivity contribution in [3.63, 3.8) is 0 Å². The molecule has 1 aliphatic heterocycles. The molecule has 0 aromatic rings. The first-order valence-corrected chi connectivity index (χ1v) is 6.65. The van der Waals surface area contributed by atoms with E-state index in [0.717, 1.165) is 0 Å². The maximum absolute atomic E-state index is 2.57. The second-order valence-electron chi connectivity index (χ2n) is 4.50. The van der Waals surface area contributed by atoms with Gasteiger partial charge in [-0.2, -0.15) is 0 Å². The third-order valence-corrected chi connectivity index (χ3v) is 2.92. The van der Waals surface area contributed by atoms with Crippen LogP contribution >= 0.6 is 0 Å². The fraction of sp³-hybridized carbons (Fsp3) is 1.00. The van der Waals surface area contributed by atoms with E-state index >= 15 is 0 Å². The first-order chi connectivity index (χ1) is 7.24. The van der Waals surface area contributed by atoms with E-state index in [-0.39, 0.29) is 0 Å². The maximum Gasteiger partial charge on any atom is 0.0110 e. The molecule has 1 heterocycles. The largest absolute Gasteiger partial charge is 0.304 e. The predicted molar refractivity (Wildman–Crippen MR) is 69.4 cm³/mol. The lowest BCUT2D eigenvalue weighted by Gasteiger charge is -2.32. The highest BCUT2D eigenvalue weighted by Gasteiger charge is 2.11. The molecule has 15 heavy (non-hydrogen) atoms. The van der Waals surface area contributed by atoms with Gasteiger partial charge >= 0.3 is 0 Å². The Morgan fingerprint density at radius 3 is 1.73 bits per heavy atom. The van der Waals surface area contributed by atoms with Crippen LogP contribution in [0, 0.1) is 0 Å². The molecular formula is C13H30N2. The molecule has 0 saturated carbocycles. The van der Waals surface area contributed by atoms with Gasteiger partial charge in [-0.1, -0.05) is 40.0 Å². The first kappa shape index (κ1) is 14.9. The molecule has 0 aromatic heterocycles. The minimum atomic E-state index is 1.25. The molecule has 0 amide bonds. The van der Waals surface area contributed by atoms with Gasteiger partial charge in [0.15, 0.2) is 0 Å². The van der Waals surface area contributed by atoms with Crippen molar-refractivity contribution < 1.29 is 0 Å². The van der Waals surface area contributed by atoms with Gasteiger partial charge in [0.25, 0.3) is 0 Å².